The third kappa shape index (κ3) is 5.37. The van der Waals surface area contributed by atoms with Gasteiger partial charge in [0, 0.05) is 5.56 Å². The number of hydrogen-bond donors (Lipinski definition) is 1. The van der Waals surface area contributed by atoms with Crippen LogP contribution in [-0.2, 0) is 21.0 Å². The van der Waals surface area contributed by atoms with Crippen LogP contribution in [0.4, 0.5) is 24.0 Å². The van der Waals surface area contributed by atoms with E-state index >= 15 is 0 Å². The molecule has 0 aliphatic carbocycles. The average Bonchev–Trinajstić information content (AvgIpc) is 3.16. The summed E-state index contributed by atoms with van der Waals surface area (Å²) >= 11 is 6.69. The highest BCUT2D eigenvalue weighted by Crippen LogP contribution is 2.38. The van der Waals surface area contributed by atoms with Gasteiger partial charge in [0.05, 0.1) is 22.5 Å². The number of benzene rings is 2. The highest BCUT2D eigenvalue weighted by Gasteiger charge is 2.36. The number of rotatable bonds is 6. The lowest BCUT2D eigenvalue weighted by atomic mass is 10.1. The minimum absolute atomic E-state index is 0.112. The molecule has 0 aliphatic heterocycles. The van der Waals surface area contributed by atoms with Crippen molar-refractivity contribution < 1.29 is 26.4 Å². The van der Waals surface area contributed by atoms with E-state index < -0.39 is 38.7 Å². The summed E-state index contributed by atoms with van der Waals surface area (Å²) in [7, 11) is -4.14. The highest BCUT2D eigenvalue weighted by molar-refractivity contribution is 7.92. The fourth-order valence-corrected chi connectivity index (χ4v) is 5.00. The molecule has 32 heavy (non-hydrogen) atoms. The Hall–Kier alpha value is -2.70. The van der Waals surface area contributed by atoms with E-state index in [-0.39, 0.29) is 10.8 Å². The molecule has 3 aromatic rings. The van der Waals surface area contributed by atoms with Crippen molar-refractivity contribution in [3.8, 4) is 10.6 Å². The SMILES string of the molecule is C[C@H](C(=O)Nc1nnc(-c2ccccc2)s1)N(c1ccc(Cl)c(C(F)(F)F)c1)S(C)(=O)=O. The summed E-state index contributed by atoms with van der Waals surface area (Å²) in [5.41, 5.74) is -0.791. The number of halogens is 4. The van der Waals surface area contributed by atoms with Gasteiger partial charge in [-0.05, 0) is 25.1 Å². The van der Waals surface area contributed by atoms with Crippen molar-refractivity contribution in [3.05, 3.63) is 59.1 Å². The molecule has 7 nitrogen and oxygen atoms in total. The molecule has 0 saturated heterocycles. The lowest BCUT2D eigenvalue weighted by Gasteiger charge is -2.28. The van der Waals surface area contributed by atoms with E-state index in [1.165, 1.54) is 6.92 Å². The van der Waals surface area contributed by atoms with E-state index in [4.69, 9.17) is 11.6 Å². The van der Waals surface area contributed by atoms with Gasteiger partial charge in [-0.3, -0.25) is 14.4 Å². The van der Waals surface area contributed by atoms with Crippen LogP contribution >= 0.6 is 22.9 Å². The zero-order valence-corrected chi connectivity index (χ0v) is 19.0. The molecular weight excluding hydrogens is 489 g/mol. The Morgan fingerprint density at radius 2 is 1.81 bits per heavy atom. The van der Waals surface area contributed by atoms with Crippen molar-refractivity contribution in [2.24, 2.45) is 0 Å². The number of alkyl halides is 3. The lowest BCUT2D eigenvalue weighted by Crippen LogP contribution is -2.45. The molecule has 0 aliphatic rings. The van der Waals surface area contributed by atoms with Gasteiger partial charge in [0.1, 0.15) is 11.0 Å². The fraction of sp³-hybridized carbons (Fsp3) is 0.211. The van der Waals surface area contributed by atoms with Crippen molar-refractivity contribution in [1.29, 1.82) is 0 Å². The first kappa shape index (κ1) is 24.0. The molecule has 0 unspecified atom stereocenters. The summed E-state index contributed by atoms with van der Waals surface area (Å²) in [5.74, 6) is -0.797. The molecule has 13 heteroatoms. The second-order valence-corrected chi connectivity index (χ2v) is 9.91. The molecule has 1 N–H and O–H groups in total. The van der Waals surface area contributed by atoms with Crippen LogP contribution in [0.1, 0.15) is 12.5 Å². The number of carbonyl (C=O) groups excluding carboxylic acids is 1. The first-order valence-corrected chi connectivity index (χ1v) is 12.0. The standard InChI is InChI=1S/C19H16ClF3N4O3S2/c1-11(16(28)24-18-26-25-17(31-18)12-6-4-3-5-7-12)27(32(2,29)30)13-8-9-15(20)14(10-13)19(21,22)23/h3-11H,1-2H3,(H,24,26,28)/t11-/m1/s1. The molecule has 1 atom stereocenters. The maximum Gasteiger partial charge on any atom is 0.417 e. The number of nitrogens with zero attached hydrogens (tertiary/aromatic N) is 3. The molecule has 2 aromatic carbocycles. The predicted octanol–water partition coefficient (Wildman–Crippen LogP) is 4.67. The molecule has 170 valence electrons. The van der Waals surface area contributed by atoms with Crippen LogP contribution in [0.25, 0.3) is 10.6 Å². The monoisotopic (exact) mass is 504 g/mol. The largest absolute Gasteiger partial charge is 0.417 e. The van der Waals surface area contributed by atoms with Gasteiger partial charge in [0.15, 0.2) is 0 Å². The van der Waals surface area contributed by atoms with Gasteiger partial charge in [-0.15, -0.1) is 10.2 Å². The van der Waals surface area contributed by atoms with E-state index in [9.17, 15) is 26.4 Å². The Labute approximate surface area is 190 Å². The summed E-state index contributed by atoms with van der Waals surface area (Å²) in [6, 6.07) is 10.3. The van der Waals surface area contributed by atoms with Crippen molar-refractivity contribution in [3.63, 3.8) is 0 Å². The van der Waals surface area contributed by atoms with Gasteiger partial charge >= 0.3 is 6.18 Å². The van der Waals surface area contributed by atoms with Gasteiger partial charge < -0.3 is 0 Å². The molecule has 0 radical (unpaired) electrons. The Morgan fingerprint density at radius 1 is 1.16 bits per heavy atom. The van der Waals surface area contributed by atoms with E-state index in [1.807, 2.05) is 18.2 Å². The minimum atomic E-state index is -4.80. The van der Waals surface area contributed by atoms with E-state index in [2.05, 4.69) is 15.5 Å². The summed E-state index contributed by atoms with van der Waals surface area (Å²) in [6.07, 6.45) is -4.01. The van der Waals surface area contributed by atoms with Crippen LogP contribution in [0.2, 0.25) is 5.02 Å². The van der Waals surface area contributed by atoms with Crippen molar-refractivity contribution in [2.45, 2.75) is 19.1 Å². The number of amides is 1. The van der Waals surface area contributed by atoms with Crippen molar-refractivity contribution in [1.82, 2.24) is 10.2 Å². The van der Waals surface area contributed by atoms with Crippen LogP contribution in [0, 0.1) is 0 Å². The van der Waals surface area contributed by atoms with Crippen LogP contribution < -0.4 is 9.62 Å². The van der Waals surface area contributed by atoms with Crippen LogP contribution in [0.3, 0.4) is 0 Å². The van der Waals surface area contributed by atoms with Gasteiger partial charge in [-0.1, -0.05) is 53.3 Å². The third-order valence-corrected chi connectivity index (χ3v) is 6.73. The van der Waals surface area contributed by atoms with E-state index in [1.54, 1.807) is 12.1 Å². The number of aromatic nitrogens is 2. The summed E-state index contributed by atoms with van der Waals surface area (Å²) in [5, 5.41) is 10.4. The fourth-order valence-electron chi connectivity index (χ4n) is 2.86. The quantitative estimate of drug-likeness (QED) is 0.526. The number of anilines is 2. The molecule has 1 aromatic heterocycles. The summed E-state index contributed by atoms with van der Waals surface area (Å²) < 4.78 is 65.0. The Bertz CT molecular complexity index is 1230. The molecule has 0 bridgehead atoms. The number of sulfonamides is 1. The molecule has 1 amide bonds. The molecule has 1 heterocycles. The lowest BCUT2D eigenvalue weighted by molar-refractivity contribution is -0.137. The second-order valence-electron chi connectivity index (χ2n) is 6.66. The molecule has 0 saturated carbocycles. The van der Waals surface area contributed by atoms with Crippen LogP contribution in [0.5, 0.6) is 0 Å². The first-order valence-electron chi connectivity index (χ1n) is 8.94. The van der Waals surface area contributed by atoms with Crippen LogP contribution in [0.15, 0.2) is 48.5 Å². The summed E-state index contributed by atoms with van der Waals surface area (Å²) in [6.45, 7) is 1.25. The summed E-state index contributed by atoms with van der Waals surface area (Å²) in [4.78, 5) is 12.7. The maximum absolute atomic E-state index is 13.2. The van der Waals surface area contributed by atoms with Crippen molar-refractivity contribution >= 4 is 49.7 Å². The molecule has 0 spiro atoms. The maximum atomic E-state index is 13.2. The smallest absolute Gasteiger partial charge is 0.299 e. The minimum Gasteiger partial charge on any atom is -0.299 e. The topological polar surface area (TPSA) is 92.3 Å². The zero-order valence-electron chi connectivity index (χ0n) is 16.6. The highest BCUT2D eigenvalue weighted by atomic mass is 35.5. The normalized spacial score (nSPS) is 12.9. The number of carbonyl (C=O) groups is 1. The molecule has 3 rings (SSSR count). The first-order chi connectivity index (χ1) is 14.9. The van der Waals surface area contributed by atoms with Crippen LogP contribution in [-0.4, -0.2) is 36.8 Å². The van der Waals surface area contributed by atoms with Gasteiger partial charge in [-0.2, -0.15) is 13.2 Å². The van der Waals surface area contributed by atoms with Gasteiger partial charge in [-0.25, -0.2) is 8.42 Å². The van der Waals surface area contributed by atoms with Crippen molar-refractivity contribution in [2.75, 3.05) is 15.9 Å². The molecular formula is C19H16ClF3N4O3S2. The number of hydrogen-bond acceptors (Lipinski definition) is 6. The van der Waals surface area contributed by atoms with Gasteiger partial charge in [0.25, 0.3) is 0 Å². The Kier molecular flexibility index (Phi) is 6.77. The Balaban J connectivity index is 1.88. The number of nitrogens with one attached hydrogen (secondary N) is 1. The Morgan fingerprint density at radius 3 is 2.41 bits per heavy atom. The molecule has 0 fully saturated rings. The predicted molar refractivity (Wildman–Crippen MR) is 117 cm³/mol. The third-order valence-electron chi connectivity index (χ3n) is 4.27. The zero-order chi connectivity index (χ0) is 23.7. The van der Waals surface area contributed by atoms with E-state index in [0.29, 0.717) is 15.4 Å². The average molecular weight is 505 g/mol. The van der Waals surface area contributed by atoms with E-state index in [0.717, 1.165) is 35.3 Å². The van der Waals surface area contributed by atoms with Gasteiger partial charge in [0.2, 0.25) is 21.1 Å². The second kappa shape index (κ2) is 9.04.